The second-order valence-electron chi connectivity index (χ2n) is 6.24. The number of allylic oxidation sites excluding steroid dienone is 1. The molecule has 5 heteroatoms. The zero-order valence-electron chi connectivity index (χ0n) is 14.7. The van der Waals surface area contributed by atoms with Gasteiger partial charge in [-0.1, -0.05) is 36.4 Å². The van der Waals surface area contributed by atoms with Crippen molar-refractivity contribution in [1.82, 2.24) is 9.97 Å². The largest absolute Gasteiger partial charge is 0.321 e. The number of nitrogens with one attached hydrogen (secondary N) is 1. The SMILES string of the molecule is O=C(/C=C/c1cccnc1)c1c(-c2ccccc2)c2ccc(F)cc2[nH]c1=O. The van der Waals surface area contributed by atoms with Crippen molar-refractivity contribution < 1.29 is 9.18 Å². The van der Waals surface area contributed by atoms with Crippen molar-refractivity contribution in [2.45, 2.75) is 0 Å². The Morgan fingerprint density at radius 1 is 1.04 bits per heavy atom. The molecule has 0 aliphatic rings. The Bertz CT molecular complexity index is 1250. The van der Waals surface area contributed by atoms with Gasteiger partial charge in [-0.2, -0.15) is 0 Å². The molecule has 0 aliphatic carbocycles. The number of aromatic nitrogens is 2. The molecule has 136 valence electrons. The van der Waals surface area contributed by atoms with Gasteiger partial charge in [0.1, 0.15) is 5.82 Å². The van der Waals surface area contributed by atoms with Crippen LogP contribution < -0.4 is 5.56 Å². The third kappa shape index (κ3) is 3.38. The van der Waals surface area contributed by atoms with Gasteiger partial charge in [-0.3, -0.25) is 14.6 Å². The third-order valence-electron chi connectivity index (χ3n) is 4.40. The van der Waals surface area contributed by atoms with Crippen LogP contribution in [0.4, 0.5) is 4.39 Å². The van der Waals surface area contributed by atoms with Gasteiger partial charge in [0, 0.05) is 23.3 Å². The highest BCUT2D eigenvalue weighted by molar-refractivity contribution is 6.15. The van der Waals surface area contributed by atoms with Crippen LogP contribution in [-0.2, 0) is 0 Å². The lowest BCUT2D eigenvalue weighted by atomic mass is 9.94. The van der Waals surface area contributed by atoms with Crippen molar-refractivity contribution >= 4 is 22.8 Å². The van der Waals surface area contributed by atoms with E-state index < -0.39 is 17.2 Å². The molecule has 4 nitrogen and oxygen atoms in total. The van der Waals surface area contributed by atoms with Crippen molar-refractivity contribution in [2.75, 3.05) is 0 Å². The minimum Gasteiger partial charge on any atom is -0.321 e. The Labute approximate surface area is 160 Å². The summed E-state index contributed by atoms with van der Waals surface area (Å²) in [5.41, 5.74) is 1.75. The van der Waals surface area contributed by atoms with E-state index in [2.05, 4.69) is 9.97 Å². The molecule has 2 aromatic heterocycles. The van der Waals surface area contributed by atoms with E-state index >= 15 is 0 Å². The molecule has 0 radical (unpaired) electrons. The summed E-state index contributed by atoms with van der Waals surface area (Å²) in [4.78, 5) is 32.3. The molecule has 0 amide bonds. The summed E-state index contributed by atoms with van der Waals surface area (Å²) >= 11 is 0. The molecule has 0 unspecified atom stereocenters. The molecule has 1 N–H and O–H groups in total. The van der Waals surface area contributed by atoms with Crippen LogP contribution in [0.3, 0.4) is 0 Å². The molecule has 0 aliphatic heterocycles. The number of H-pyrrole nitrogens is 1. The van der Waals surface area contributed by atoms with E-state index in [-0.39, 0.29) is 5.56 Å². The maximum Gasteiger partial charge on any atom is 0.260 e. The van der Waals surface area contributed by atoms with Gasteiger partial charge in [-0.25, -0.2) is 4.39 Å². The number of benzene rings is 2. The average molecular weight is 370 g/mol. The third-order valence-corrected chi connectivity index (χ3v) is 4.40. The van der Waals surface area contributed by atoms with Crippen molar-refractivity contribution in [3.63, 3.8) is 0 Å². The zero-order valence-corrected chi connectivity index (χ0v) is 14.7. The fraction of sp³-hybridized carbons (Fsp3) is 0. The first-order valence-electron chi connectivity index (χ1n) is 8.67. The fourth-order valence-corrected chi connectivity index (χ4v) is 3.14. The Balaban J connectivity index is 1.94. The maximum atomic E-state index is 13.7. The van der Waals surface area contributed by atoms with E-state index in [4.69, 9.17) is 0 Å². The normalized spacial score (nSPS) is 11.2. The van der Waals surface area contributed by atoms with E-state index in [1.807, 2.05) is 36.4 Å². The number of hydrogen-bond donors (Lipinski definition) is 1. The average Bonchev–Trinajstić information content (AvgIpc) is 2.72. The molecular formula is C23H15FN2O2. The summed E-state index contributed by atoms with van der Waals surface area (Å²) in [5.74, 6) is -0.895. The van der Waals surface area contributed by atoms with Gasteiger partial charge in [0.05, 0.1) is 11.1 Å². The Morgan fingerprint density at radius 2 is 1.86 bits per heavy atom. The van der Waals surface area contributed by atoms with Gasteiger partial charge in [0.2, 0.25) is 0 Å². The topological polar surface area (TPSA) is 62.8 Å². The predicted molar refractivity (Wildman–Crippen MR) is 108 cm³/mol. The monoisotopic (exact) mass is 370 g/mol. The van der Waals surface area contributed by atoms with Crippen LogP contribution in [0.2, 0.25) is 0 Å². The lowest BCUT2D eigenvalue weighted by molar-refractivity contribution is 0.104. The first kappa shape index (κ1) is 17.5. The lowest BCUT2D eigenvalue weighted by Crippen LogP contribution is -2.18. The van der Waals surface area contributed by atoms with Gasteiger partial charge in [-0.15, -0.1) is 0 Å². The maximum absolute atomic E-state index is 13.7. The van der Waals surface area contributed by atoms with Gasteiger partial charge in [0.25, 0.3) is 5.56 Å². The highest BCUT2D eigenvalue weighted by Gasteiger charge is 2.19. The summed E-state index contributed by atoms with van der Waals surface area (Å²) in [5, 5.41) is 0.602. The summed E-state index contributed by atoms with van der Waals surface area (Å²) in [6, 6.07) is 16.8. The van der Waals surface area contributed by atoms with Crippen molar-refractivity contribution in [3.8, 4) is 11.1 Å². The molecule has 0 saturated carbocycles. The van der Waals surface area contributed by atoms with Crippen molar-refractivity contribution in [3.05, 3.63) is 106 Å². The van der Waals surface area contributed by atoms with Gasteiger partial charge in [0.15, 0.2) is 5.78 Å². The second kappa shape index (κ2) is 7.40. The fourth-order valence-electron chi connectivity index (χ4n) is 3.14. The van der Waals surface area contributed by atoms with E-state index in [0.717, 1.165) is 5.56 Å². The van der Waals surface area contributed by atoms with Crippen LogP contribution in [0.25, 0.3) is 28.1 Å². The summed E-state index contributed by atoms with van der Waals surface area (Å²) in [7, 11) is 0. The molecule has 28 heavy (non-hydrogen) atoms. The molecular weight excluding hydrogens is 355 g/mol. The molecule has 0 fully saturated rings. The number of fused-ring (bicyclic) bond motifs is 1. The number of pyridine rings is 2. The van der Waals surface area contributed by atoms with E-state index in [1.54, 1.807) is 30.6 Å². The molecule has 2 heterocycles. The van der Waals surface area contributed by atoms with E-state index in [9.17, 15) is 14.0 Å². The Morgan fingerprint density at radius 3 is 2.61 bits per heavy atom. The number of carbonyl (C=O) groups excluding carboxylic acids is 1. The van der Waals surface area contributed by atoms with Crippen molar-refractivity contribution in [2.24, 2.45) is 0 Å². The Kier molecular flexibility index (Phi) is 4.64. The number of carbonyl (C=O) groups is 1. The van der Waals surface area contributed by atoms with E-state index in [1.165, 1.54) is 18.2 Å². The van der Waals surface area contributed by atoms with Crippen LogP contribution in [0.5, 0.6) is 0 Å². The first-order chi connectivity index (χ1) is 13.6. The highest BCUT2D eigenvalue weighted by atomic mass is 19.1. The van der Waals surface area contributed by atoms with Gasteiger partial charge < -0.3 is 4.98 Å². The Hall–Kier alpha value is -3.86. The second-order valence-corrected chi connectivity index (χ2v) is 6.24. The lowest BCUT2D eigenvalue weighted by Gasteiger charge is -2.11. The number of ketones is 1. The van der Waals surface area contributed by atoms with Crippen LogP contribution in [0.1, 0.15) is 15.9 Å². The molecule has 2 aromatic carbocycles. The number of hydrogen-bond acceptors (Lipinski definition) is 3. The predicted octanol–water partition coefficient (Wildman–Crippen LogP) is 4.63. The van der Waals surface area contributed by atoms with Crippen molar-refractivity contribution in [1.29, 1.82) is 0 Å². The molecule has 0 saturated heterocycles. The van der Waals surface area contributed by atoms with Crippen LogP contribution in [0, 0.1) is 5.82 Å². The minimum absolute atomic E-state index is 0.0189. The summed E-state index contributed by atoms with van der Waals surface area (Å²) in [6.45, 7) is 0. The van der Waals surface area contributed by atoms with Crippen LogP contribution in [0.15, 0.2) is 83.9 Å². The summed E-state index contributed by atoms with van der Waals surface area (Å²) in [6.07, 6.45) is 6.22. The number of rotatable bonds is 4. The van der Waals surface area contributed by atoms with E-state index in [0.29, 0.717) is 22.0 Å². The molecule has 0 atom stereocenters. The summed E-state index contributed by atoms with van der Waals surface area (Å²) < 4.78 is 13.7. The molecule has 0 bridgehead atoms. The van der Waals surface area contributed by atoms with Crippen LogP contribution in [-0.4, -0.2) is 15.8 Å². The zero-order chi connectivity index (χ0) is 19.5. The quantitative estimate of drug-likeness (QED) is 0.421. The number of halogens is 1. The molecule has 4 rings (SSSR count). The highest BCUT2D eigenvalue weighted by Crippen LogP contribution is 2.30. The van der Waals surface area contributed by atoms with Gasteiger partial charge >= 0.3 is 0 Å². The van der Waals surface area contributed by atoms with Gasteiger partial charge in [-0.05, 0) is 47.5 Å². The minimum atomic E-state index is -0.558. The molecule has 4 aromatic rings. The first-order valence-corrected chi connectivity index (χ1v) is 8.67. The number of aromatic amines is 1. The standard InChI is InChI=1S/C23H15FN2O2/c24-17-9-10-18-19(13-17)26-23(28)22(21(18)16-6-2-1-3-7-16)20(27)11-8-15-5-4-12-25-14-15/h1-14H,(H,26,28)/b11-8+. The number of nitrogens with zero attached hydrogens (tertiary/aromatic N) is 1. The van der Waals surface area contributed by atoms with Crippen LogP contribution >= 0.6 is 0 Å². The smallest absolute Gasteiger partial charge is 0.260 e. The molecule has 0 spiro atoms.